The molecule has 1 atom stereocenters. The van der Waals surface area contributed by atoms with Crippen LogP contribution in [0.4, 0.5) is 10.1 Å². The summed E-state index contributed by atoms with van der Waals surface area (Å²) in [7, 11) is 0. The van der Waals surface area contributed by atoms with Gasteiger partial charge in [-0.15, -0.1) is 0 Å². The van der Waals surface area contributed by atoms with Crippen molar-refractivity contribution in [3.8, 4) is 0 Å². The number of nitrogens with zero attached hydrogens (tertiary/aromatic N) is 4. The highest BCUT2D eigenvalue weighted by atomic mass is 19.1. The molecule has 1 amide bonds. The first kappa shape index (κ1) is 17.3. The van der Waals surface area contributed by atoms with Crippen molar-refractivity contribution in [3.63, 3.8) is 0 Å². The maximum absolute atomic E-state index is 13.7. The lowest BCUT2D eigenvalue weighted by Gasteiger charge is -2.13. The molecule has 0 bridgehead atoms. The Kier molecular flexibility index (Phi) is 4.78. The summed E-state index contributed by atoms with van der Waals surface area (Å²) in [6.07, 6.45) is 4.32. The second-order valence-corrected chi connectivity index (χ2v) is 5.65. The predicted octanol–water partition coefficient (Wildman–Crippen LogP) is 2.16. The van der Waals surface area contributed by atoms with Crippen molar-refractivity contribution >= 4 is 17.6 Å². The number of carbonyl (C=O) groups is 2. The summed E-state index contributed by atoms with van der Waals surface area (Å²) >= 11 is 0. The number of nitrogens with one attached hydrogen (secondary N) is 1. The Balaban J connectivity index is 1.68. The number of aromatic nitrogens is 4. The molecule has 0 aliphatic rings. The van der Waals surface area contributed by atoms with E-state index in [2.05, 4.69) is 15.5 Å². The van der Waals surface area contributed by atoms with Gasteiger partial charge in [-0.2, -0.15) is 10.2 Å². The van der Waals surface area contributed by atoms with E-state index in [1.165, 1.54) is 29.2 Å². The SMILES string of the molecule is CC(C(=O)Nc1cnn(Cc2ccccc2F)c1)n1nccc1C(=O)O. The zero-order chi connectivity index (χ0) is 18.7. The Morgan fingerprint density at radius 1 is 1.27 bits per heavy atom. The average molecular weight is 357 g/mol. The van der Waals surface area contributed by atoms with Crippen LogP contribution in [0, 0.1) is 5.82 Å². The minimum absolute atomic E-state index is 0.0807. The van der Waals surface area contributed by atoms with E-state index < -0.39 is 17.9 Å². The Labute approximate surface area is 147 Å². The number of carboxylic acid groups (broad SMARTS) is 1. The Morgan fingerprint density at radius 3 is 2.77 bits per heavy atom. The smallest absolute Gasteiger partial charge is 0.354 e. The van der Waals surface area contributed by atoms with Crippen LogP contribution in [0.15, 0.2) is 48.9 Å². The highest BCUT2D eigenvalue weighted by Crippen LogP contribution is 2.14. The Morgan fingerprint density at radius 2 is 2.04 bits per heavy atom. The number of amides is 1. The minimum atomic E-state index is -1.17. The van der Waals surface area contributed by atoms with Crippen molar-refractivity contribution in [1.82, 2.24) is 19.6 Å². The van der Waals surface area contributed by atoms with Gasteiger partial charge in [0.1, 0.15) is 17.6 Å². The van der Waals surface area contributed by atoms with Gasteiger partial charge in [0.2, 0.25) is 5.91 Å². The molecule has 2 N–H and O–H groups in total. The van der Waals surface area contributed by atoms with Crippen LogP contribution >= 0.6 is 0 Å². The van der Waals surface area contributed by atoms with Crippen LogP contribution < -0.4 is 5.32 Å². The molecule has 0 saturated heterocycles. The van der Waals surface area contributed by atoms with Crippen molar-refractivity contribution in [2.24, 2.45) is 0 Å². The van der Waals surface area contributed by atoms with Crippen molar-refractivity contribution in [2.45, 2.75) is 19.5 Å². The normalized spacial score (nSPS) is 11.9. The summed E-state index contributed by atoms with van der Waals surface area (Å²) in [5.74, 6) is -1.94. The molecule has 3 aromatic rings. The van der Waals surface area contributed by atoms with Crippen molar-refractivity contribution in [2.75, 3.05) is 5.32 Å². The number of hydrogen-bond donors (Lipinski definition) is 2. The fraction of sp³-hybridized carbons (Fsp3) is 0.176. The third kappa shape index (κ3) is 3.61. The zero-order valence-corrected chi connectivity index (χ0v) is 13.8. The number of carboxylic acids is 1. The summed E-state index contributed by atoms with van der Waals surface area (Å²) < 4.78 is 16.3. The van der Waals surface area contributed by atoms with Crippen molar-refractivity contribution in [1.29, 1.82) is 0 Å². The standard InChI is InChI=1S/C17H16FN5O3/c1-11(23-15(17(25)26)6-7-19-23)16(24)21-13-8-20-22(10-13)9-12-4-2-3-5-14(12)18/h2-8,10-11H,9H2,1H3,(H,21,24)(H,25,26). The fourth-order valence-corrected chi connectivity index (χ4v) is 2.47. The van der Waals surface area contributed by atoms with E-state index in [4.69, 9.17) is 5.11 Å². The van der Waals surface area contributed by atoms with Gasteiger partial charge in [-0.1, -0.05) is 18.2 Å². The molecule has 0 aliphatic heterocycles. The van der Waals surface area contributed by atoms with Crippen LogP contribution in [-0.4, -0.2) is 36.5 Å². The fourth-order valence-electron chi connectivity index (χ4n) is 2.47. The molecule has 0 radical (unpaired) electrons. The maximum atomic E-state index is 13.7. The van der Waals surface area contributed by atoms with E-state index in [0.717, 1.165) is 4.68 Å². The van der Waals surface area contributed by atoms with E-state index in [-0.39, 0.29) is 18.1 Å². The topological polar surface area (TPSA) is 102 Å². The quantitative estimate of drug-likeness (QED) is 0.704. The van der Waals surface area contributed by atoms with Gasteiger partial charge in [0, 0.05) is 18.0 Å². The molecular weight excluding hydrogens is 341 g/mol. The third-order valence-electron chi connectivity index (χ3n) is 3.83. The summed E-state index contributed by atoms with van der Waals surface area (Å²) in [6.45, 7) is 1.76. The van der Waals surface area contributed by atoms with E-state index in [9.17, 15) is 14.0 Å². The number of halogens is 1. The average Bonchev–Trinajstić information content (AvgIpc) is 3.25. The molecular formula is C17H16FN5O3. The number of carbonyl (C=O) groups excluding carboxylic acids is 1. The molecule has 2 aromatic heterocycles. The molecule has 8 nitrogen and oxygen atoms in total. The lowest BCUT2D eigenvalue weighted by molar-refractivity contribution is -0.119. The van der Waals surface area contributed by atoms with Gasteiger partial charge in [-0.3, -0.25) is 9.48 Å². The number of benzene rings is 1. The van der Waals surface area contributed by atoms with Crippen molar-refractivity contribution < 1.29 is 19.1 Å². The van der Waals surface area contributed by atoms with Crippen LogP contribution in [-0.2, 0) is 11.3 Å². The highest BCUT2D eigenvalue weighted by Gasteiger charge is 2.21. The van der Waals surface area contributed by atoms with E-state index in [1.54, 1.807) is 31.3 Å². The van der Waals surface area contributed by atoms with Crippen LogP contribution in [0.1, 0.15) is 29.0 Å². The summed E-state index contributed by atoms with van der Waals surface area (Å²) in [5.41, 5.74) is 0.814. The summed E-state index contributed by atoms with van der Waals surface area (Å²) in [5, 5.41) is 19.7. The predicted molar refractivity (Wildman–Crippen MR) is 90.3 cm³/mol. The van der Waals surface area contributed by atoms with Gasteiger partial charge >= 0.3 is 5.97 Å². The van der Waals surface area contributed by atoms with Gasteiger partial charge in [-0.25, -0.2) is 13.9 Å². The lowest BCUT2D eigenvalue weighted by atomic mass is 10.2. The lowest BCUT2D eigenvalue weighted by Crippen LogP contribution is -2.26. The first-order valence-corrected chi connectivity index (χ1v) is 7.79. The first-order chi connectivity index (χ1) is 12.5. The van der Waals surface area contributed by atoms with Crippen molar-refractivity contribution in [3.05, 3.63) is 66.0 Å². The second kappa shape index (κ2) is 7.18. The van der Waals surface area contributed by atoms with E-state index in [0.29, 0.717) is 11.3 Å². The van der Waals surface area contributed by atoms with Crippen LogP contribution in [0.5, 0.6) is 0 Å². The third-order valence-corrected chi connectivity index (χ3v) is 3.83. The zero-order valence-electron chi connectivity index (χ0n) is 13.8. The first-order valence-electron chi connectivity index (χ1n) is 7.79. The molecule has 1 aromatic carbocycles. The van der Waals surface area contributed by atoms with E-state index in [1.807, 2.05) is 0 Å². The van der Waals surface area contributed by atoms with Crippen LogP contribution in [0.2, 0.25) is 0 Å². The molecule has 0 aliphatic carbocycles. The van der Waals surface area contributed by atoms with Gasteiger partial charge in [0.25, 0.3) is 0 Å². The molecule has 0 spiro atoms. The number of anilines is 1. The molecule has 26 heavy (non-hydrogen) atoms. The van der Waals surface area contributed by atoms with Gasteiger partial charge < -0.3 is 10.4 Å². The molecule has 2 heterocycles. The van der Waals surface area contributed by atoms with E-state index >= 15 is 0 Å². The summed E-state index contributed by atoms with van der Waals surface area (Å²) in [4.78, 5) is 23.5. The molecule has 9 heteroatoms. The van der Waals surface area contributed by atoms with Crippen LogP contribution in [0.25, 0.3) is 0 Å². The largest absolute Gasteiger partial charge is 0.477 e. The number of hydrogen-bond acceptors (Lipinski definition) is 4. The number of rotatable bonds is 6. The Hall–Kier alpha value is -3.49. The number of aromatic carboxylic acids is 1. The van der Waals surface area contributed by atoms with Gasteiger partial charge in [0.05, 0.1) is 18.4 Å². The molecule has 0 saturated carbocycles. The van der Waals surface area contributed by atoms with Gasteiger partial charge in [0.15, 0.2) is 0 Å². The monoisotopic (exact) mass is 357 g/mol. The van der Waals surface area contributed by atoms with Crippen LogP contribution in [0.3, 0.4) is 0 Å². The summed E-state index contributed by atoms with van der Waals surface area (Å²) in [6, 6.07) is 6.85. The minimum Gasteiger partial charge on any atom is -0.477 e. The van der Waals surface area contributed by atoms with Gasteiger partial charge in [-0.05, 0) is 19.1 Å². The molecule has 3 rings (SSSR count). The highest BCUT2D eigenvalue weighted by molar-refractivity contribution is 5.94. The molecule has 134 valence electrons. The maximum Gasteiger partial charge on any atom is 0.354 e. The second-order valence-electron chi connectivity index (χ2n) is 5.65. The Bertz CT molecular complexity index is 949. The molecule has 0 fully saturated rings. The molecule has 1 unspecified atom stereocenters.